The SMILES string of the molecule is CCCCNCC(=O)N(CC(C)C)c1ccccc1. The second kappa shape index (κ2) is 8.70. The fraction of sp³-hybridized carbons (Fsp3) is 0.562. The third-order valence-corrected chi connectivity index (χ3v) is 2.90. The van der Waals surface area contributed by atoms with Gasteiger partial charge in [-0.15, -0.1) is 0 Å². The summed E-state index contributed by atoms with van der Waals surface area (Å²) in [7, 11) is 0. The Kier molecular flexibility index (Phi) is 7.19. The van der Waals surface area contributed by atoms with E-state index in [-0.39, 0.29) is 5.91 Å². The van der Waals surface area contributed by atoms with Gasteiger partial charge >= 0.3 is 0 Å². The Balaban J connectivity index is 2.61. The molecular formula is C16H26N2O. The van der Waals surface area contributed by atoms with E-state index >= 15 is 0 Å². The van der Waals surface area contributed by atoms with Gasteiger partial charge in [-0.3, -0.25) is 4.79 Å². The number of rotatable bonds is 8. The number of hydrogen-bond donors (Lipinski definition) is 1. The molecule has 0 aliphatic heterocycles. The van der Waals surface area contributed by atoms with E-state index in [1.54, 1.807) is 0 Å². The van der Waals surface area contributed by atoms with Crippen molar-refractivity contribution in [1.29, 1.82) is 0 Å². The van der Waals surface area contributed by atoms with Crippen LogP contribution in [0.5, 0.6) is 0 Å². The van der Waals surface area contributed by atoms with Gasteiger partial charge in [0.2, 0.25) is 5.91 Å². The first kappa shape index (κ1) is 15.7. The van der Waals surface area contributed by atoms with Crippen molar-refractivity contribution >= 4 is 11.6 Å². The molecule has 0 heterocycles. The van der Waals surface area contributed by atoms with Crippen LogP contribution in [0.3, 0.4) is 0 Å². The van der Waals surface area contributed by atoms with Gasteiger partial charge in [-0.2, -0.15) is 0 Å². The monoisotopic (exact) mass is 262 g/mol. The van der Waals surface area contributed by atoms with Crippen molar-refractivity contribution in [3.8, 4) is 0 Å². The van der Waals surface area contributed by atoms with Gasteiger partial charge in [0.1, 0.15) is 0 Å². The van der Waals surface area contributed by atoms with Crippen molar-refractivity contribution < 1.29 is 4.79 Å². The standard InChI is InChI=1S/C16H26N2O/c1-4-5-11-17-12-16(19)18(13-14(2)3)15-9-7-6-8-10-15/h6-10,14,17H,4-5,11-13H2,1-3H3. The van der Waals surface area contributed by atoms with Crippen LogP contribution in [0.4, 0.5) is 5.69 Å². The number of para-hydroxylation sites is 1. The second-order valence-corrected chi connectivity index (χ2v) is 5.26. The van der Waals surface area contributed by atoms with Gasteiger partial charge < -0.3 is 10.2 Å². The molecule has 0 fully saturated rings. The van der Waals surface area contributed by atoms with Crippen molar-refractivity contribution in [1.82, 2.24) is 5.32 Å². The normalized spacial score (nSPS) is 10.7. The summed E-state index contributed by atoms with van der Waals surface area (Å²) in [5, 5.41) is 3.22. The Labute approximate surface area is 117 Å². The summed E-state index contributed by atoms with van der Waals surface area (Å²) < 4.78 is 0. The van der Waals surface area contributed by atoms with Crippen LogP contribution in [0, 0.1) is 5.92 Å². The van der Waals surface area contributed by atoms with Crippen molar-refractivity contribution in [2.45, 2.75) is 33.6 Å². The topological polar surface area (TPSA) is 32.3 Å². The lowest BCUT2D eigenvalue weighted by Crippen LogP contribution is -2.40. The number of nitrogens with one attached hydrogen (secondary N) is 1. The average molecular weight is 262 g/mol. The summed E-state index contributed by atoms with van der Waals surface area (Å²) in [6, 6.07) is 9.90. The maximum absolute atomic E-state index is 12.3. The van der Waals surface area contributed by atoms with E-state index in [1.807, 2.05) is 35.2 Å². The molecule has 1 amide bonds. The number of hydrogen-bond acceptors (Lipinski definition) is 2. The van der Waals surface area contributed by atoms with E-state index in [0.29, 0.717) is 12.5 Å². The Hall–Kier alpha value is -1.35. The summed E-state index contributed by atoms with van der Waals surface area (Å²) in [5.74, 6) is 0.607. The number of unbranched alkanes of at least 4 members (excludes halogenated alkanes) is 1. The fourth-order valence-electron chi connectivity index (χ4n) is 1.92. The first-order valence-corrected chi connectivity index (χ1v) is 7.21. The van der Waals surface area contributed by atoms with Crippen LogP contribution in [0.2, 0.25) is 0 Å². The molecule has 106 valence electrons. The minimum absolute atomic E-state index is 0.149. The molecule has 1 rings (SSSR count). The van der Waals surface area contributed by atoms with E-state index in [1.165, 1.54) is 0 Å². The van der Waals surface area contributed by atoms with Gasteiger partial charge in [-0.25, -0.2) is 0 Å². The molecule has 3 heteroatoms. The Morgan fingerprint density at radius 1 is 1.26 bits per heavy atom. The van der Waals surface area contributed by atoms with E-state index in [0.717, 1.165) is 31.6 Å². The zero-order chi connectivity index (χ0) is 14.1. The van der Waals surface area contributed by atoms with Gasteiger partial charge in [0.05, 0.1) is 6.54 Å². The largest absolute Gasteiger partial charge is 0.311 e. The van der Waals surface area contributed by atoms with Crippen LogP contribution < -0.4 is 10.2 Å². The lowest BCUT2D eigenvalue weighted by molar-refractivity contribution is -0.117. The molecule has 0 saturated carbocycles. The lowest BCUT2D eigenvalue weighted by Gasteiger charge is -2.25. The molecular weight excluding hydrogens is 236 g/mol. The van der Waals surface area contributed by atoms with Gasteiger partial charge in [-0.1, -0.05) is 45.4 Å². The quantitative estimate of drug-likeness (QED) is 0.730. The Morgan fingerprint density at radius 2 is 1.95 bits per heavy atom. The van der Waals surface area contributed by atoms with Crippen molar-refractivity contribution in [2.75, 3.05) is 24.5 Å². The Bertz CT molecular complexity index is 362. The van der Waals surface area contributed by atoms with Crippen LogP contribution in [0.15, 0.2) is 30.3 Å². The smallest absolute Gasteiger partial charge is 0.240 e. The molecule has 0 radical (unpaired) electrons. The summed E-state index contributed by atoms with van der Waals surface area (Å²) in [6.45, 7) is 8.51. The van der Waals surface area contributed by atoms with E-state index in [9.17, 15) is 4.79 Å². The fourth-order valence-corrected chi connectivity index (χ4v) is 1.92. The molecule has 0 aliphatic carbocycles. The molecule has 19 heavy (non-hydrogen) atoms. The van der Waals surface area contributed by atoms with Crippen LogP contribution in [-0.2, 0) is 4.79 Å². The van der Waals surface area contributed by atoms with Gasteiger partial charge in [0.15, 0.2) is 0 Å². The molecule has 0 aromatic heterocycles. The second-order valence-electron chi connectivity index (χ2n) is 5.26. The number of anilines is 1. The minimum Gasteiger partial charge on any atom is -0.311 e. The molecule has 0 aliphatic rings. The predicted octanol–water partition coefficient (Wildman–Crippen LogP) is 3.07. The predicted molar refractivity (Wildman–Crippen MR) is 81.4 cm³/mol. The maximum atomic E-state index is 12.3. The summed E-state index contributed by atoms with van der Waals surface area (Å²) >= 11 is 0. The summed E-state index contributed by atoms with van der Waals surface area (Å²) in [4.78, 5) is 14.2. The van der Waals surface area contributed by atoms with Crippen LogP contribution in [-0.4, -0.2) is 25.5 Å². The van der Waals surface area contributed by atoms with Crippen molar-refractivity contribution in [2.24, 2.45) is 5.92 Å². The molecule has 0 saturated heterocycles. The molecule has 0 spiro atoms. The Morgan fingerprint density at radius 3 is 2.53 bits per heavy atom. The molecule has 3 nitrogen and oxygen atoms in total. The first-order valence-electron chi connectivity index (χ1n) is 7.21. The third kappa shape index (κ3) is 5.88. The number of nitrogens with zero attached hydrogens (tertiary/aromatic N) is 1. The van der Waals surface area contributed by atoms with Gasteiger partial charge in [0.25, 0.3) is 0 Å². The zero-order valence-electron chi connectivity index (χ0n) is 12.4. The molecule has 0 unspecified atom stereocenters. The minimum atomic E-state index is 0.149. The molecule has 1 aromatic rings. The highest BCUT2D eigenvalue weighted by atomic mass is 16.2. The number of benzene rings is 1. The van der Waals surface area contributed by atoms with Crippen molar-refractivity contribution in [3.63, 3.8) is 0 Å². The van der Waals surface area contributed by atoms with Crippen molar-refractivity contribution in [3.05, 3.63) is 30.3 Å². The van der Waals surface area contributed by atoms with Crippen LogP contribution >= 0.6 is 0 Å². The van der Waals surface area contributed by atoms with E-state index < -0.39 is 0 Å². The number of carbonyl (C=O) groups excluding carboxylic acids is 1. The molecule has 1 aromatic carbocycles. The highest BCUT2D eigenvalue weighted by molar-refractivity contribution is 5.94. The van der Waals surface area contributed by atoms with Gasteiger partial charge in [0, 0.05) is 12.2 Å². The molecule has 0 bridgehead atoms. The maximum Gasteiger partial charge on any atom is 0.240 e. The number of amides is 1. The average Bonchev–Trinajstić information content (AvgIpc) is 2.41. The summed E-state index contributed by atoms with van der Waals surface area (Å²) in [6.07, 6.45) is 2.26. The molecule has 1 N–H and O–H groups in total. The van der Waals surface area contributed by atoms with Crippen LogP contribution in [0.1, 0.15) is 33.6 Å². The van der Waals surface area contributed by atoms with Gasteiger partial charge in [-0.05, 0) is 31.0 Å². The van der Waals surface area contributed by atoms with E-state index in [2.05, 4.69) is 26.1 Å². The first-order chi connectivity index (χ1) is 9.15. The molecule has 0 atom stereocenters. The number of carbonyl (C=O) groups is 1. The highest BCUT2D eigenvalue weighted by Gasteiger charge is 2.16. The third-order valence-electron chi connectivity index (χ3n) is 2.90. The zero-order valence-corrected chi connectivity index (χ0v) is 12.4. The summed E-state index contributed by atoms with van der Waals surface area (Å²) in [5.41, 5.74) is 0.985. The highest BCUT2D eigenvalue weighted by Crippen LogP contribution is 2.15. The van der Waals surface area contributed by atoms with E-state index in [4.69, 9.17) is 0 Å². The van der Waals surface area contributed by atoms with Crippen LogP contribution in [0.25, 0.3) is 0 Å². The lowest BCUT2D eigenvalue weighted by atomic mass is 10.2.